The Hall–Kier alpha value is -0.370. The molecule has 0 aliphatic heterocycles. The molecule has 0 amide bonds. The highest BCUT2D eigenvalue weighted by atomic mass is 79.9. The largest absolute Gasteiger partial charge is 0.249 e. The van der Waals surface area contributed by atoms with Crippen LogP contribution in [0.15, 0.2) is 22.9 Å². The molecule has 9 heavy (non-hydrogen) atoms. The van der Waals surface area contributed by atoms with E-state index in [1.807, 2.05) is 18.3 Å². The van der Waals surface area contributed by atoms with E-state index in [1.165, 1.54) is 5.56 Å². The van der Waals surface area contributed by atoms with Crippen molar-refractivity contribution in [2.75, 3.05) is 0 Å². The quantitative estimate of drug-likeness (QED) is 0.613. The van der Waals surface area contributed by atoms with Crippen LogP contribution in [-0.2, 0) is 6.42 Å². The van der Waals surface area contributed by atoms with Gasteiger partial charge in [-0.1, -0.05) is 6.92 Å². The molecule has 1 rings (SSSR count). The Bertz CT molecular complexity index is 198. The molecule has 48 valence electrons. The van der Waals surface area contributed by atoms with E-state index in [2.05, 4.69) is 27.8 Å². The number of hydrogen-bond donors (Lipinski definition) is 0. The highest BCUT2D eigenvalue weighted by molar-refractivity contribution is 9.10. The SMILES string of the molecule is CCc1ccnc(Br)c1. The van der Waals surface area contributed by atoms with Crippen LogP contribution in [0.2, 0.25) is 0 Å². The summed E-state index contributed by atoms with van der Waals surface area (Å²) in [5.74, 6) is 0. The van der Waals surface area contributed by atoms with Crippen molar-refractivity contribution in [2.45, 2.75) is 13.3 Å². The zero-order chi connectivity index (χ0) is 6.69. The van der Waals surface area contributed by atoms with Gasteiger partial charge in [0.15, 0.2) is 0 Å². The van der Waals surface area contributed by atoms with Crippen molar-refractivity contribution in [3.8, 4) is 0 Å². The molecule has 0 atom stereocenters. The molecule has 2 heteroatoms. The molecule has 0 unspecified atom stereocenters. The fourth-order valence-corrected chi connectivity index (χ4v) is 1.07. The van der Waals surface area contributed by atoms with Crippen LogP contribution in [0.3, 0.4) is 0 Å². The van der Waals surface area contributed by atoms with Crippen molar-refractivity contribution in [2.24, 2.45) is 0 Å². The third-order valence-electron chi connectivity index (χ3n) is 1.20. The Morgan fingerprint density at radius 1 is 1.67 bits per heavy atom. The summed E-state index contributed by atoms with van der Waals surface area (Å²) in [7, 11) is 0. The van der Waals surface area contributed by atoms with E-state index in [1.54, 1.807) is 0 Å². The topological polar surface area (TPSA) is 12.9 Å². The van der Waals surface area contributed by atoms with Crippen LogP contribution in [0.4, 0.5) is 0 Å². The van der Waals surface area contributed by atoms with Gasteiger partial charge in [-0.15, -0.1) is 0 Å². The Balaban J connectivity index is 2.94. The number of pyridine rings is 1. The van der Waals surface area contributed by atoms with Crippen LogP contribution in [0.1, 0.15) is 12.5 Å². The molecule has 0 fully saturated rings. The lowest BCUT2D eigenvalue weighted by atomic mass is 10.2. The number of hydrogen-bond acceptors (Lipinski definition) is 1. The smallest absolute Gasteiger partial charge is 0.106 e. The first-order valence-electron chi connectivity index (χ1n) is 2.93. The van der Waals surface area contributed by atoms with Crippen molar-refractivity contribution in [1.29, 1.82) is 0 Å². The molecule has 1 aromatic rings. The van der Waals surface area contributed by atoms with Crippen molar-refractivity contribution < 1.29 is 0 Å². The molecule has 0 N–H and O–H groups in total. The summed E-state index contributed by atoms with van der Waals surface area (Å²) < 4.78 is 0.918. The van der Waals surface area contributed by atoms with Gasteiger partial charge in [-0.05, 0) is 40.0 Å². The van der Waals surface area contributed by atoms with E-state index in [-0.39, 0.29) is 0 Å². The van der Waals surface area contributed by atoms with Gasteiger partial charge in [0.05, 0.1) is 0 Å². The summed E-state index contributed by atoms with van der Waals surface area (Å²) >= 11 is 3.29. The lowest BCUT2D eigenvalue weighted by molar-refractivity contribution is 1.11. The number of aromatic nitrogens is 1. The van der Waals surface area contributed by atoms with Crippen molar-refractivity contribution in [1.82, 2.24) is 4.98 Å². The van der Waals surface area contributed by atoms with E-state index >= 15 is 0 Å². The highest BCUT2D eigenvalue weighted by Crippen LogP contribution is 2.07. The number of aryl methyl sites for hydroxylation is 1. The van der Waals surface area contributed by atoms with Crippen molar-refractivity contribution >= 4 is 15.9 Å². The summed E-state index contributed by atoms with van der Waals surface area (Å²) in [4.78, 5) is 4.00. The average molecular weight is 186 g/mol. The van der Waals surface area contributed by atoms with Crippen LogP contribution in [0.5, 0.6) is 0 Å². The van der Waals surface area contributed by atoms with E-state index < -0.39 is 0 Å². The predicted octanol–water partition coefficient (Wildman–Crippen LogP) is 2.41. The molecule has 1 nitrogen and oxygen atoms in total. The van der Waals surface area contributed by atoms with Gasteiger partial charge in [0, 0.05) is 6.20 Å². The summed E-state index contributed by atoms with van der Waals surface area (Å²) in [6, 6.07) is 4.05. The average Bonchev–Trinajstić information content (AvgIpc) is 1.88. The van der Waals surface area contributed by atoms with Crippen molar-refractivity contribution in [3.05, 3.63) is 28.5 Å². The van der Waals surface area contributed by atoms with Gasteiger partial charge in [-0.25, -0.2) is 4.98 Å². The number of nitrogens with zero attached hydrogens (tertiary/aromatic N) is 1. The van der Waals surface area contributed by atoms with Gasteiger partial charge in [-0.2, -0.15) is 0 Å². The second kappa shape index (κ2) is 2.97. The molecule has 0 bridgehead atoms. The monoisotopic (exact) mass is 185 g/mol. The maximum Gasteiger partial charge on any atom is 0.106 e. The van der Waals surface area contributed by atoms with E-state index in [0.29, 0.717) is 0 Å². The lowest BCUT2D eigenvalue weighted by Gasteiger charge is -1.93. The molecule has 0 aliphatic carbocycles. The maximum absolute atomic E-state index is 4.00. The van der Waals surface area contributed by atoms with E-state index in [0.717, 1.165) is 11.0 Å². The van der Waals surface area contributed by atoms with E-state index in [9.17, 15) is 0 Å². The fourth-order valence-electron chi connectivity index (χ4n) is 0.662. The molecule has 0 spiro atoms. The van der Waals surface area contributed by atoms with Gasteiger partial charge in [0.1, 0.15) is 4.60 Å². The lowest BCUT2D eigenvalue weighted by Crippen LogP contribution is -1.80. The Morgan fingerprint density at radius 2 is 2.44 bits per heavy atom. The third-order valence-corrected chi connectivity index (χ3v) is 1.63. The minimum Gasteiger partial charge on any atom is -0.249 e. The summed E-state index contributed by atoms with van der Waals surface area (Å²) in [6.07, 6.45) is 2.88. The molecule has 0 saturated carbocycles. The van der Waals surface area contributed by atoms with Gasteiger partial charge < -0.3 is 0 Å². The minimum absolute atomic E-state index is 0.918. The zero-order valence-corrected chi connectivity index (χ0v) is 6.85. The minimum atomic E-state index is 0.918. The highest BCUT2D eigenvalue weighted by Gasteiger charge is 1.88. The van der Waals surface area contributed by atoms with E-state index in [4.69, 9.17) is 0 Å². The van der Waals surface area contributed by atoms with Crippen molar-refractivity contribution in [3.63, 3.8) is 0 Å². The Labute approximate surface area is 63.2 Å². The summed E-state index contributed by atoms with van der Waals surface area (Å²) in [5.41, 5.74) is 1.32. The van der Waals surface area contributed by atoms with Crippen LogP contribution in [0.25, 0.3) is 0 Å². The van der Waals surface area contributed by atoms with Crippen LogP contribution < -0.4 is 0 Å². The molecule has 0 saturated heterocycles. The Morgan fingerprint density at radius 3 is 2.89 bits per heavy atom. The fraction of sp³-hybridized carbons (Fsp3) is 0.286. The zero-order valence-electron chi connectivity index (χ0n) is 5.26. The molecule has 0 radical (unpaired) electrons. The number of halogens is 1. The number of rotatable bonds is 1. The van der Waals surface area contributed by atoms with Gasteiger partial charge in [-0.3, -0.25) is 0 Å². The maximum atomic E-state index is 4.00. The first kappa shape index (κ1) is 6.75. The normalized spacial score (nSPS) is 9.56. The first-order chi connectivity index (χ1) is 4.33. The molecule has 1 aromatic heterocycles. The second-order valence-corrected chi connectivity index (χ2v) is 2.65. The van der Waals surface area contributed by atoms with Crippen LogP contribution in [0, 0.1) is 0 Å². The van der Waals surface area contributed by atoms with Gasteiger partial charge in [0.2, 0.25) is 0 Å². The molecule has 0 aliphatic rings. The van der Waals surface area contributed by atoms with Crippen LogP contribution >= 0.6 is 15.9 Å². The van der Waals surface area contributed by atoms with Gasteiger partial charge >= 0.3 is 0 Å². The van der Waals surface area contributed by atoms with Crippen LogP contribution in [-0.4, -0.2) is 4.98 Å². The molecule has 1 heterocycles. The third kappa shape index (κ3) is 1.79. The summed E-state index contributed by atoms with van der Waals surface area (Å²) in [6.45, 7) is 2.13. The second-order valence-electron chi connectivity index (χ2n) is 1.84. The molecular weight excluding hydrogens is 178 g/mol. The predicted molar refractivity (Wildman–Crippen MR) is 41.3 cm³/mol. The molecular formula is C7H8BrN. The standard InChI is InChI=1S/C7H8BrN/c1-2-6-3-4-9-7(8)5-6/h3-5H,2H2,1H3. The van der Waals surface area contributed by atoms with Gasteiger partial charge in [0.25, 0.3) is 0 Å². The first-order valence-corrected chi connectivity index (χ1v) is 3.72. The summed E-state index contributed by atoms with van der Waals surface area (Å²) in [5, 5.41) is 0. The Kier molecular flexibility index (Phi) is 2.22. The molecule has 0 aromatic carbocycles.